The molecule has 0 spiro atoms. The minimum absolute atomic E-state index is 0.000740. The van der Waals surface area contributed by atoms with Gasteiger partial charge in [0.2, 0.25) is 5.76 Å². The summed E-state index contributed by atoms with van der Waals surface area (Å²) < 4.78 is 6.68. The minimum Gasteiger partial charge on any atom is -0.450 e. The summed E-state index contributed by atoms with van der Waals surface area (Å²) in [6.45, 7) is 1.83. The molecular weight excluding hydrogens is 503 g/mol. The van der Waals surface area contributed by atoms with Gasteiger partial charge < -0.3 is 4.42 Å². The lowest BCUT2D eigenvalue weighted by Gasteiger charge is -2.24. The Morgan fingerprint density at radius 2 is 1.84 bits per heavy atom. The second-order valence-electron chi connectivity index (χ2n) is 7.20. The molecule has 5 nitrogen and oxygen atoms in total. The number of halogens is 3. The molecule has 31 heavy (non-hydrogen) atoms. The molecule has 0 radical (unpaired) electrons. The number of pyridine rings is 1. The molecule has 1 atom stereocenters. The van der Waals surface area contributed by atoms with Gasteiger partial charge in [-0.1, -0.05) is 51.3 Å². The first-order valence-electron chi connectivity index (χ1n) is 9.33. The first-order valence-corrected chi connectivity index (χ1v) is 10.9. The van der Waals surface area contributed by atoms with Crippen molar-refractivity contribution >= 4 is 61.8 Å². The van der Waals surface area contributed by atoms with Crippen LogP contribution in [0.3, 0.4) is 0 Å². The summed E-state index contributed by atoms with van der Waals surface area (Å²) in [7, 11) is 0. The summed E-state index contributed by atoms with van der Waals surface area (Å²) >= 11 is 15.8. The molecule has 0 bridgehead atoms. The first-order chi connectivity index (χ1) is 14.8. The fourth-order valence-corrected chi connectivity index (χ4v) is 4.51. The Hall–Kier alpha value is -2.67. The van der Waals surface area contributed by atoms with E-state index in [4.69, 9.17) is 27.6 Å². The largest absolute Gasteiger partial charge is 0.450 e. The molecule has 2 aromatic carbocycles. The van der Waals surface area contributed by atoms with Crippen molar-refractivity contribution in [3.05, 3.63) is 102 Å². The van der Waals surface area contributed by atoms with E-state index in [9.17, 15) is 9.59 Å². The van der Waals surface area contributed by atoms with Crippen molar-refractivity contribution in [3.63, 3.8) is 0 Å². The zero-order chi connectivity index (χ0) is 21.9. The van der Waals surface area contributed by atoms with Gasteiger partial charge >= 0.3 is 0 Å². The lowest BCUT2D eigenvalue weighted by molar-refractivity contribution is 0.0970. The van der Waals surface area contributed by atoms with Crippen LogP contribution in [0.2, 0.25) is 10.0 Å². The maximum atomic E-state index is 13.6. The maximum absolute atomic E-state index is 13.6. The van der Waals surface area contributed by atoms with E-state index in [-0.39, 0.29) is 16.8 Å². The van der Waals surface area contributed by atoms with Crippen LogP contribution in [0, 0.1) is 6.92 Å². The van der Waals surface area contributed by atoms with Gasteiger partial charge in [-0.05, 0) is 55.0 Å². The molecule has 5 rings (SSSR count). The Kier molecular flexibility index (Phi) is 4.88. The number of carbonyl (C=O) groups is 1. The predicted molar refractivity (Wildman–Crippen MR) is 124 cm³/mol. The number of nitrogens with zero attached hydrogens (tertiary/aromatic N) is 2. The van der Waals surface area contributed by atoms with E-state index in [2.05, 4.69) is 20.9 Å². The molecule has 8 heteroatoms. The second-order valence-corrected chi connectivity index (χ2v) is 8.93. The summed E-state index contributed by atoms with van der Waals surface area (Å²) in [5, 5.41) is 1.08. The molecule has 0 fully saturated rings. The third-order valence-electron chi connectivity index (χ3n) is 5.21. The molecule has 0 aliphatic carbocycles. The normalized spacial score (nSPS) is 15.5. The Morgan fingerprint density at radius 1 is 1.03 bits per heavy atom. The van der Waals surface area contributed by atoms with Crippen LogP contribution < -0.4 is 10.3 Å². The molecule has 4 aromatic rings. The van der Waals surface area contributed by atoms with Gasteiger partial charge in [0.25, 0.3) is 5.91 Å². The van der Waals surface area contributed by atoms with Crippen LogP contribution in [0.15, 0.2) is 68.3 Å². The molecule has 2 aromatic heterocycles. The zero-order valence-corrected chi connectivity index (χ0v) is 19.1. The Bertz CT molecular complexity index is 1450. The van der Waals surface area contributed by atoms with Crippen LogP contribution in [0.5, 0.6) is 0 Å². The van der Waals surface area contributed by atoms with Crippen LogP contribution in [-0.4, -0.2) is 10.9 Å². The summed E-state index contributed by atoms with van der Waals surface area (Å²) in [4.78, 5) is 33.0. The fourth-order valence-electron chi connectivity index (χ4n) is 3.84. The second kappa shape index (κ2) is 7.48. The van der Waals surface area contributed by atoms with Gasteiger partial charge in [-0.15, -0.1) is 0 Å². The number of benzene rings is 2. The van der Waals surface area contributed by atoms with Crippen molar-refractivity contribution < 1.29 is 9.21 Å². The molecule has 154 valence electrons. The van der Waals surface area contributed by atoms with Crippen LogP contribution in [0.25, 0.3) is 11.0 Å². The van der Waals surface area contributed by atoms with Crippen molar-refractivity contribution in [1.29, 1.82) is 0 Å². The van der Waals surface area contributed by atoms with Crippen molar-refractivity contribution in [2.45, 2.75) is 13.0 Å². The molecule has 1 aliphatic rings. The average Bonchev–Trinajstić information content (AvgIpc) is 3.03. The highest BCUT2D eigenvalue weighted by Gasteiger charge is 2.44. The number of hydrogen-bond acceptors (Lipinski definition) is 4. The van der Waals surface area contributed by atoms with Gasteiger partial charge in [-0.25, -0.2) is 4.98 Å². The van der Waals surface area contributed by atoms with Gasteiger partial charge in [0.15, 0.2) is 5.43 Å². The number of carbonyl (C=O) groups excluding carboxylic acids is 1. The molecule has 0 saturated carbocycles. The van der Waals surface area contributed by atoms with Crippen molar-refractivity contribution in [2.75, 3.05) is 4.90 Å². The third kappa shape index (κ3) is 3.26. The Balaban J connectivity index is 1.84. The van der Waals surface area contributed by atoms with Gasteiger partial charge in [-0.2, -0.15) is 0 Å². The van der Waals surface area contributed by atoms with Crippen molar-refractivity contribution in [2.24, 2.45) is 0 Å². The highest BCUT2D eigenvalue weighted by molar-refractivity contribution is 9.10. The smallest absolute Gasteiger partial charge is 0.296 e. The number of aryl methyl sites for hydroxylation is 1. The molecule has 1 aliphatic heterocycles. The summed E-state index contributed by atoms with van der Waals surface area (Å²) in [5.74, 6) is -0.0256. The SMILES string of the molecule is Cc1cccc(N2C(=O)c3oc4ccc(Br)cc4c(=O)c3C2c2ccc(Cl)c(Cl)c2)n1. The summed E-state index contributed by atoms with van der Waals surface area (Å²) in [6, 6.07) is 14.8. The fraction of sp³-hybridized carbons (Fsp3) is 0.0870. The lowest BCUT2D eigenvalue weighted by atomic mass is 9.98. The topological polar surface area (TPSA) is 63.4 Å². The lowest BCUT2D eigenvalue weighted by Crippen LogP contribution is -2.30. The summed E-state index contributed by atoms with van der Waals surface area (Å²) in [6.07, 6.45) is 0. The zero-order valence-electron chi connectivity index (χ0n) is 16.0. The predicted octanol–water partition coefficient (Wildman–Crippen LogP) is 6.32. The number of amides is 1. The molecule has 1 amide bonds. The quantitative estimate of drug-likeness (QED) is 0.313. The first kappa shape index (κ1) is 20.2. The van der Waals surface area contributed by atoms with E-state index in [1.807, 2.05) is 19.1 Å². The number of fused-ring (bicyclic) bond motifs is 2. The van der Waals surface area contributed by atoms with Gasteiger partial charge in [0.1, 0.15) is 11.4 Å². The van der Waals surface area contributed by atoms with Crippen molar-refractivity contribution in [3.8, 4) is 0 Å². The molecule has 3 heterocycles. The van der Waals surface area contributed by atoms with Crippen LogP contribution in [0.4, 0.5) is 5.82 Å². The standard InChI is InChI=1S/C23H13BrCl2N2O3/c1-11-3-2-4-18(27-11)28-20(12-5-7-15(25)16(26)9-12)19-21(29)14-10-13(24)6-8-17(14)31-22(19)23(28)30/h2-10,20H,1H3. The van der Waals surface area contributed by atoms with Crippen molar-refractivity contribution in [1.82, 2.24) is 4.98 Å². The monoisotopic (exact) mass is 514 g/mol. The van der Waals surface area contributed by atoms with Crippen LogP contribution in [0.1, 0.15) is 33.4 Å². The third-order valence-corrected chi connectivity index (χ3v) is 6.44. The van der Waals surface area contributed by atoms with Crippen LogP contribution >= 0.6 is 39.1 Å². The van der Waals surface area contributed by atoms with Gasteiger partial charge in [-0.3, -0.25) is 14.5 Å². The summed E-state index contributed by atoms with van der Waals surface area (Å²) in [5.41, 5.74) is 1.68. The molecule has 0 saturated heterocycles. The van der Waals surface area contributed by atoms with E-state index in [1.165, 1.54) is 4.90 Å². The molecular formula is C23H13BrCl2N2O3. The van der Waals surface area contributed by atoms with E-state index >= 15 is 0 Å². The molecule has 0 N–H and O–H groups in total. The van der Waals surface area contributed by atoms with E-state index < -0.39 is 11.9 Å². The number of rotatable bonds is 2. The Labute approximate surface area is 195 Å². The van der Waals surface area contributed by atoms with Gasteiger partial charge in [0.05, 0.1) is 27.0 Å². The number of anilines is 1. The highest BCUT2D eigenvalue weighted by Crippen LogP contribution is 2.42. The van der Waals surface area contributed by atoms with E-state index in [0.29, 0.717) is 32.4 Å². The van der Waals surface area contributed by atoms with E-state index in [1.54, 1.807) is 42.5 Å². The Morgan fingerprint density at radius 3 is 2.58 bits per heavy atom. The number of hydrogen-bond donors (Lipinski definition) is 0. The van der Waals surface area contributed by atoms with Crippen LogP contribution in [-0.2, 0) is 0 Å². The minimum atomic E-state index is -0.758. The number of aromatic nitrogens is 1. The highest BCUT2D eigenvalue weighted by atomic mass is 79.9. The van der Waals surface area contributed by atoms with E-state index in [0.717, 1.165) is 10.2 Å². The average molecular weight is 516 g/mol. The molecule has 1 unspecified atom stereocenters. The van der Waals surface area contributed by atoms with Gasteiger partial charge in [0, 0.05) is 10.2 Å². The maximum Gasteiger partial charge on any atom is 0.296 e.